The molecule has 11 heavy (non-hydrogen) atoms. The average molecular weight is 156 g/mol. The molecule has 0 spiro atoms. The molecule has 1 saturated heterocycles. The van der Waals surface area contributed by atoms with Crippen molar-refractivity contribution in [3.05, 3.63) is 12.7 Å². The summed E-state index contributed by atoms with van der Waals surface area (Å²) in [5, 5.41) is 8.74. The monoisotopic (exact) mass is 156 g/mol. The Bertz CT molecular complexity index is 161. The van der Waals surface area contributed by atoms with Crippen molar-refractivity contribution < 1.29 is 14.6 Å². The van der Waals surface area contributed by atoms with Crippen molar-refractivity contribution in [3.8, 4) is 0 Å². The van der Waals surface area contributed by atoms with Crippen LogP contribution < -0.4 is 0 Å². The second-order valence-electron chi connectivity index (χ2n) is 2.77. The van der Waals surface area contributed by atoms with Gasteiger partial charge in [0.15, 0.2) is 0 Å². The number of carbonyl (C=O) groups is 1. The molecule has 0 aromatic rings. The Labute approximate surface area is 65.7 Å². The van der Waals surface area contributed by atoms with Crippen LogP contribution in [0.5, 0.6) is 0 Å². The molecule has 1 heterocycles. The highest BCUT2D eigenvalue weighted by molar-refractivity contribution is 5.70. The molecular formula is C8H12O3. The highest BCUT2D eigenvalue weighted by Crippen LogP contribution is 2.23. The van der Waals surface area contributed by atoms with Gasteiger partial charge in [0.25, 0.3) is 0 Å². The molecule has 0 aliphatic carbocycles. The summed E-state index contributed by atoms with van der Waals surface area (Å²) in [5.41, 5.74) is 0. The van der Waals surface area contributed by atoms with E-state index in [1.165, 1.54) is 0 Å². The number of ether oxygens (including phenoxy) is 1. The minimum absolute atomic E-state index is 0.200. The standard InChI is InChI=1S/C8H12O3/c1-2-3-7(8(9)10)6-4-11-5-6/h2,6-7H,1,3-5H2,(H,9,10). The van der Waals surface area contributed by atoms with Gasteiger partial charge in [0.05, 0.1) is 19.1 Å². The number of carboxylic acids is 1. The minimum atomic E-state index is -0.738. The fourth-order valence-electron chi connectivity index (χ4n) is 1.16. The zero-order valence-electron chi connectivity index (χ0n) is 6.32. The van der Waals surface area contributed by atoms with Crippen LogP contribution >= 0.6 is 0 Å². The first-order valence-electron chi connectivity index (χ1n) is 3.67. The molecule has 1 unspecified atom stereocenters. The van der Waals surface area contributed by atoms with Crippen LogP contribution in [-0.2, 0) is 9.53 Å². The Hall–Kier alpha value is -0.830. The Kier molecular flexibility index (Phi) is 2.65. The molecule has 3 nitrogen and oxygen atoms in total. The van der Waals surface area contributed by atoms with Gasteiger partial charge in [-0.05, 0) is 6.42 Å². The summed E-state index contributed by atoms with van der Waals surface area (Å²) >= 11 is 0. The number of hydrogen-bond donors (Lipinski definition) is 1. The summed E-state index contributed by atoms with van der Waals surface area (Å²) in [7, 11) is 0. The number of hydrogen-bond acceptors (Lipinski definition) is 2. The molecule has 0 radical (unpaired) electrons. The molecule has 0 amide bonds. The molecule has 0 aromatic carbocycles. The summed E-state index contributed by atoms with van der Waals surface area (Å²) in [6, 6.07) is 0. The van der Waals surface area contributed by atoms with Gasteiger partial charge in [-0.3, -0.25) is 4.79 Å². The van der Waals surface area contributed by atoms with Crippen LogP contribution in [0, 0.1) is 11.8 Å². The van der Waals surface area contributed by atoms with Gasteiger partial charge in [-0.15, -0.1) is 6.58 Å². The van der Waals surface area contributed by atoms with E-state index in [4.69, 9.17) is 9.84 Å². The summed E-state index contributed by atoms with van der Waals surface area (Å²) < 4.78 is 4.91. The molecule has 1 aliphatic heterocycles. The van der Waals surface area contributed by atoms with Crippen molar-refractivity contribution in [1.29, 1.82) is 0 Å². The molecule has 1 aliphatic rings. The molecule has 62 valence electrons. The maximum atomic E-state index is 10.6. The maximum absolute atomic E-state index is 10.6. The van der Waals surface area contributed by atoms with Crippen molar-refractivity contribution >= 4 is 5.97 Å². The van der Waals surface area contributed by atoms with E-state index in [0.717, 1.165) is 0 Å². The topological polar surface area (TPSA) is 46.5 Å². The number of aliphatic carboxylic acids is 1. The Morgan fingerprint density at radius 3 is 2.73 bits per heavy atom. The van der Waals surface area contributed by atoms with Crippen LogP contribution in [0.4, 0.5) is 0 Å². The van der Waals surface area contributed by atoms with Gasteiger partial charge in [0.2, 0.25) is 0 Å². The van der Waals surface area contributed by atoms with Gasteiger partial charge < -0.3 is 9.84 Å². The van der Waals surface area contributed by atoms with E-state index < -0.39 is 5.97 Å². The van der Waals surface area contributed by atoms with Crippen LogP contribution in [-0.4, -0.2) is 24.3 Å². The van der Waals surface area contributed by atoms with E-state index in [9.17, 15) is 4.79 Å². The quantitative estimate of drug-likeness (QED) is 0.615. The molecular weight excluding hydrogens is 144 g/mol. The van der Waals surface area contributed by atoms with Gasteiger partial charge in [0.1, 0.15) is 0 Å². The fourth-order valence-corrected chi connectivity index (χ4v) is 1.16. The van der Waals surface area contributed by atoms with Gasteiger partial charge in [0, 0.05) is 5.92 Å². The average Bonchev–Trinajstić information content (AvgIpc) is 1.82. The third-order valence-corrected chi connectivity index (χ3v) is 1.97. The lowest BCUT2D eigenvalue weighted by atomic mass is 9.88. The normalized spacial score (nSPS) is 20.4. The molecule has 1 N–H and O–H groups in total. The lowest BCUT2D eigenvalue weighted by molar-refractivity contribution is -0.151. The van der Waals surface area contributed by atoms with Crippen molar-refractivity contribution in [2.24, 2.45) is 11.8 Å². The van der Waals surface area contributed by atoms with E-state index in [1.807, 2.05) is 0 Å². The molecule has 1 rings (SSSR count). The van der Waals surface area contributed by atoms with Crippen molar-refractivity contribution in [2.45, 2.75) is 6.42 Å². The van der Waals surface area contributed by atoms with Gasteiger partial charge in [-0.2, -0.15) is 0 Å². The summed E-state index contributed by atoms with van der Waals surface area (Å²) in [6.45, 7) is 4.70. The first-order chi connectivity index (χ1) is 5.25. The molecule has 0 saturated carbocycles. The van der Waals surface area contributed by atoms with E-state index in [2.05, 4.69) is 6.58 Å². The Morgan fingerprint density at radius 2 is 2.45 bits per heavy atom. The third-order valence-electron chi connectivity index (χ3n) is 1.97. The molecule has 1 fully saturated rings. The maximum Gasteiger partial charge on any atom is 0.307 e. The van der Waals surface area contributed by atoms with Gasteiger partial charge >= 0.3 is 5.97 Å². The molecule has 3 heteroatoms. The number of carboxylic acid groups (broad SMARTS) is 1. The number of rotatable bonds is 4. The van der Waals surface area contributed by atoms with E-state index in [1.54, 1.807) is 6.08 Å². The summed E-state index contributed by atoms with van der Waals surface area (Å²) in [5.74, 6) is -0.829. The highest BCUT2D eigenvalue weighted by atomic mass is 16.5. The summed E-state index contributed by atoms with van der Waals surface area (Å²) in [4.78, 5) is 10.6. The Balaban J connectivity index is 2.43. The first kappa shape index (κ1) is 8.27. The molecule has 0 bridgehead atoms. The highest BCUT2D eigenvalue weighted by Gasteiger charge is 2.32. The fraction of sp³-hybridized carbons (Fsp3) is 0.625. The predicted octanol–water partition coefficient (Wildman–Crippen LogP) is 0.910. The second-order valence-corrected chi connectivity index (χ2v) is 2.77. The van der Waals surface area contributed by atoms with Gasteiger partial charge in [-0.25, -0.2) is 0 Å². The minimum Gasteiger partial charge on any atom is -0.481 e. The zero-order valence-corrected chi connectivity index (χ0v) is 6.32. The largest absolute Gasteiger partial charge is 0.481 e. The van der Waals surface area contributed by atoms with E-state index in [-0.39, 0.29) is 11.8 Å². The Morgan fingerprint density at radius 1 is 1.82 bits per heavy atom. The second kappa shape index (κ2) is 3.53. The van der Waals surface area contributed by atoms with E-state index >= 15 is 0 Å². The first-order valence-corrected chi connectivity index (χ1v) is 3.67. The van der Waals surface area contributed by atoms with Crippen LogP contribution in [0.15, 0.2) is 12.7 Å². The van der Waals surface area contributed by atoms with Crippen LogP contribution in [0.3, 0.4) is 0 Å². The number of allylic oxidation sites excluding steroid dienone is 1. The SMILES string of the molecule is C=CCC(C(=O)O)C1COC1. The third kappa shape index (κ3) is 1.80. The van der Waals surface area contributed by atoms with Gasteiger partial charge in [-0.1, -0.05) is 6.08 Å². The molecule has 1 atom stereocenters. The summed E-state index contributed by atoms with van der Waals surface area (Å²) in [6.07, 6.45) is 2.19. The van der Waals surface area contributed by atoms with Crippen LogP contribution in [0.2, 0.25) is 0 Å². The van der Waals surface area contributed by atoms with Crippen molar-refractivity contribution in [2.75, 3.05) is 13.2 Å². The smallest absolute Gasteiger partial charge is 0.307 e. The lowest BCUT2D eigenvalue weighted by Gasteiger charge is -2.30. The van der Waals surface area contributed by atoms with E-state index in [0.29, 0.717) is 19.6 Å². The van der Waals surface area contributed by atoms with Crippen LogP contribution in [0.1, 0.15) is 6.42 Å². The van der Waals surface area contributed by atoms with Crippen molar-refractivity contribution in [3.63, 3.8) is 0 Å². The van der Waals surface area contributed by atoms with Crippen LogP contribution in [0.25, 0.3) is 0 Å². The van der Waals surface area contributed by atoms with Crippen molar-refractivity contribution in [1.82, 2.24) is 0 Å². The lowest BCUT2D eigenvalue weighted by Crippen LogP contribution is -2.38. The molecule has 0 aromatic heterocycles. The predicted molar refractivity (Wildman–Crippen MR) is 40.2 cm³/mol. The zero-order chi connectivity index (χ0) is 8.27.